The van der Waals surface area contributed by atoms with Crippen LogP contribution in [0.4, 0.5) is 0 Å². The predicted molar refractivity (Wildman–Crippen MR) is 81.1 cm³/mol. The van der Waals surface area contributed by atoms with Crippen molar-refractivity contribution in [2.24, 2.45) is 0 Å². The van der Waals surface area contributed by atoms with Crippen molar-refractivity contribution in [3.8, 4) is 0 Å². The van der Waals surface area contributed by atoms with Gasteiger partial charge in [-0.1, -0.05) is 75.8 Å². The summed E-state index contributed by atoms with van der Waals surface area (Å²) in [4.78, 5) is 10.1. The third kappa shape index (κ3) is 11.7. The first kappa shape index (κ1) is 18.7. The number of hydrogen-bond donors (Lipinski definition) is 1. The molecule has 0 saturated heterocycles. The van der Waals surface area contributed by atoms with Crippen molar-refractivity contribution in [3.63, 3.8) is 0 Å². The molecule has 0 unspecified atom stereocenters. The van der Waals surface area contributed by atoms with Crippen LogP contribution in [0.5, 0.6) is 0 Å². The minimum Gasteiger partial charge on any atom is -0.545 e. The van der Waals surface area contributed by atoms with E-state index >= 15 is 0 Å². The molecule has 3 N–H and O–H groups in total. The van der Waals surface area contributed by atoms with Gasteiger partial charge in [-0.05, 0) is 18.4 Å². The summed E-state index contributed by atoms with van der Waals surface area (Å²) in [6, 6.07) is 8.06. The normalized spacial score (nSPS) is 9.70. The fourth-order valence-corrected chi connectivity index (χ4v) is 1.88. The van der Waals surface area contributed by atoms with Gasteiger partial charge in [-0.25, -0.2) is 0 Å². The highest BCUT2D eigenvalue weighted by Gasteiger charge is 1.89. The molecular formula is C17H29NO2. The van der Waals surface area contributed by atoms with Crippen LogP contribution in [0.2, 0.25) is 0 Å². The van der Waals surface area contributed by atoms with Gasteiger partial charge in [0.1, 0.15) is 0 Å². The van der Waals surface area contributed by atoms with E-state index in [1.165, 1.54) is 63.5 Å². The van der Waals surface area contributed by atoms with Gasteiger partial charge in [0.15, 0.2) is 0 Å². The Hall–Kier alpha value is -1.35. The Morgan fingerprint density at radius 1 is 0.950 bits per heavy atom. The summed E-state index contributed by atoms with van der Waals surface area (Å²) in [5.74, 6) is -1.13. The van der Waals surface area contributed by atoms with Crippen molar-refractivity contribution in [2.75, 3.05) is 6.54 Å². The maximum atomic E-state index is 10.1. The second-order valence-electron chi connectivity index (χ2n) is 4.98. The largest absolute Gasteiger partial charge is 0.545 e. The molecule has 114 valence electrons. The van der Waals surface area contributed by atoms with Gasteiger partial charge in [-0.15, -0.1) is 0 Å². The first-order chi connectivity index (χ1) is 9.72. The molecular weight excluding hydrogens is 250 g/mol. The number of rotatable bonds is 9. The minimum atomic E-state index is -1.13. The molecule has 0 aliphatic rings. The van der Waals surface area contributed by atoms with Crippen LogP contribution in [0.25, 0.3) is 0 Å². The van der Waals surface area contributed by atoms with Gasteiger partial charge in [0.25, 0.3) is 0 Å². The molecule has 0 aliphatic heterocycles. The zero-order valence-corrected chi connectivity index (χ0v) is 12.8. The van der Waals surface area contributed by atoms with Gasteiger partial charge in [0, 0.05) is 0 Å². The summed E-state index contributed by atoms with van der Waals surface area (Å²) in [6.45, 7) is 3.39. The molecule has 0 radical (unpaired) electrons. The van der Waals surface area contributed by atoms with Crippen molar-refractivity contribution < 1.29 is 15.6 Å². The summed E-state index contributed by atoms with van der Waals surface area (Å²) in [5.41, 5.74) is 4.05. The van der Waals surface area contributed by atoms with Crippen LogP contribution in [0, 0.1) is 0 Å². The van der Waals surface area contributed by atoms with E-state index in [-0.39, 0.29) is 5.56 Å². The average molecular weight is 279 g/mol. The monoisotopic (exact) mass is 279 g/mol. The Kier molecular flexibility index (Phi) is 13.1. The van der Waals surface area contributed by atoms with E-state index < -0.39 is 5.97 Å². The fraction of sp³-hybridized carbons (Fsp3) is 0.588. The van der Waals surface area contributed by atoms with Crippen LogP contribution in [-0.2, 0) is 0 Å². The molecule has 0 atom stereocenters. The van der Waals surface area contributed by atoms with Gasteiger partial charge in [-0.2, -0.15) is 0 Å². The predicted octanol–water partition coefficient (Wildman–Crippen LogP) is 2.42. The number of carbonyl (C=O) groups excluding carboxylic acids is 1. The van der Waals surface area contributed by atoms with Crippen LogP contribution in [0.3, 0.4) is 0 Å². The summed E-state index contributed by atoms with van der Waals surface area (Å²) in [5, 5.41) is 10.1. The minimum absolute atomic E-state index is 0.220. The molecule has 1 rings (SSSR count). The lowest BCUT2D eigenvalue weighted by molar-refractivity contribution is -0.368. The van der Waals surface area contributed by atoms with Crippen molar-refractivity contribution in [2.45, 2.75) is 58.3 Å². The Labute approximate surface area is 123 Å². The maximum absolute atomic E-state index is 10.1. The average Bonchev–Trinajstić information content (AvgIpc) is 2.48. The highest BCUT2D eigenvalue weighted by atomic mass is 16.4. The number of hydrogen-bond acceptors (Lipinski definition) is 2. The number of carbonyl (C=O) groups is 1. The standard InChI is InChI=1S/C10H23N.C7H6O2/c1-2-3-4-5-6-7-8-9-10-11;8-7(9)6-4-2-1-3-5-6/h2-11H2,1H3;1-5H,(H,8,9). The molecule has 3 heteroatoms. The zero-order chi connectivity index (χ0) is 15.1. The van der Waals surface area contributed by atoms with Crippen molar-refractivity contribution in [1.82, 2.24) is 0 Å². The first-order valence-corrected chi connectivity index (χ1v) is 7.78. The molecule has 0 amide bonds. The number of aromatic carboxylic acids is 1. The van der Waals surface area contributed by atoms with Crippen LogP contribution in [0.15, 0.2) is 30.3 Å². The van der Waals surface area contributed by atoms with Gasteiger partial charge < -0.3 is 15.6 Å². The Morgan fingerprint density at radius 3 is 1.85 bits per heavy atom. The number of benzene rings is 1. The van der Waals surface area contributed by atoms with Crippen molar-refractivity contribution in [1.29, 1.82) is 0 Å². The molecule has 3 nitrogen and oxygen atoms in total. The molecule has 0 saturated carbocycles. The van der Waals surface area contributed by atoms with Crippen molar-refractivity contribution >= 4 is 5.97 Å². The molecule has 0 spiro atoms. The summed E-state index contributed by atoms with van der Waals surface area (Å²) in [7, 11) is 0. The van der Waals surface area contributed by atoms with Gasteiger partial charge in [0.05, 0.1) is 12.5 Å². The van der Waals surface area contributed by atoms with E-state index in [4.69, 9.17) is 0 Å². The van der Waals surface area contributed by atoms with E-state index in [1.807, 2.05) is 0 Å². The second-order valence-corrected chi connectivity index (χ2v) is 4.98. The third-order valence-electron chi connectivity index (χ3n) is 3.11. The Morgan fingerprint density at radius 2 is 1.45 bits per heavy atom. The molecule has 0 aliphatic carbocycles. The van der Waals surface area contributed by atoms with E-state index in [0.29, 0.717) is 0 Å². The quantitative estimate of drug-likeness (QED) is 0.705. The van der Waals surface area contributed by atoms with E-state index in [2.05, 4.69) is 12.7 Å². The molecule has 0 aromatic heterocycles. The number of unbranched alkanes of at least 4 members (excludes halogenated alkanes) is 7. The molecule has 20 heavy (non-hydrogen) atoms. The highest BCUT2D eigenvalue weighted by Crippen LogP contribution is 2.07. The molecule has 0 heterocycles. The van der Waals surface area contributed by atoms with Crippen LogP contribution in [-0.4, -0.2) is 12.5 Å². The fourth-order valence-electron chi connectivity index (χ4n) is 1.88. The summed E-state index contributed by atoms with van der Waals surface area (Å²) < 4.78 is 0. The van der Waals surface area contributed by atoms with Gasteiger partial charge >= 0.3 is 0 Å². The second kappa shape index (κ2) is 14.1. The third-order valence-corrected chi connectivity index (χ3v) is 3.11. The van der Waals surface area contributed by atoms with Crippen molar-refractivity contribution in [3.05, 3.63) is 35.9 Å². The topological polar surface area (TPSA) is 67.8 Å². The first-order valence-electron chi connectivity index (χ1n) is 7.78. The lowest BCUT2D eigenvalue weighted by Gasteiger charge is -1.98. The van der Waals surface area contributed by atoms with Crippen LogP contribution in [0.1, 0.15) is 68.6 Å². The Balaban J connectivity index is 0.000000367. The maximum Gasteiger partial charge on any atom is 0.0739 e. The van der Waals surface area contributed by atoms with E-state index in [0.717, 1.165) is 6.54 Å². The zero-order valence-electron chi connectivity index (χ0n) is 12.8. The van der Waals surface area contributed by atoms with Gasteiger partial charge in [-0.3, -0.25) is 0 Å². The van der Waals surface area contributed by atoms with E-state index in [1.54, 1.807) is 18.2 Å². The lowest BCUT2D eigenvalue weighted by Crippen LogP contribution is -2.50. The van der Waals surface area contributed by atoms with E-state index in [9.17, 15) is 9.90 Å². The van der Waals surface area contributed by atoms with Gasteiger partial charge in [0.2, 0.25) is 0 Å². The number of quaternary nitrogens is 1. The molecule has 1 aromatic carbocycles. The SMILES string of the molecule is CCCCCCCCCC[NH3+].O=C([O-])c1ccccc1. The number of carboxylic acids is 1. The number of carboxylic acid groups (broad SMARTS) is 1. The Bertz CT molecular complexity index is 317. The van der Waals surface area contributed by atoms with Crippen LogP contribution >= 0.6 is 0 Å². The summed E-state index contributed by atoms with van der Waals surface area (Å²) >= 11 is 0. The smallest absolute Gasteiger partial charge is 0.0739 e. The highest BCUT2D eigenvalue weighted by molar-refractivity contribution is 5.85. The lowest BCUT2D eigenvalue weighted by atomic mass is 10.1. The summed E-state index contributed by atoms with van der Waals surface area (Å²) in [6.07, 6.45) is 11.3. The molecule has 1 aromatic rings. The van der Waals surface area contributed by atoms with Crippen LogP contribution < -0.4 is 10.8 Å². The molecule has 0 bridgehead atoms. The molecule has 0 fully saturated rings.